The fraction of sp³-hybridized carbons (Fsp3) is 0. The maximum absolute atomic E-state index is 13.2. The molecule has 0 unspecified atom stereocenters. The van der Waals surface area contributed by atoms with E-state index >= 15 is 0 Å². The van der Waals surface area contributed by atoms with Crippen LogP contribution in [-0.2, 0) is 10.0 Å². The molecule has 0 saturated heterocycles. The Hall–Kier alpha value is -2.26. The average molecular weight is 332 g/mol. The molecule has 7 nitrogen and oxygen atoms in total. The Kier molecular flexibility index (Phi) is 4.05. The van der Waals surface area contributed by atoms with Crippen molar-refractivity contribution < 1.29 is 17.7 Å². The number of nitrogens with one attached hydrogen (secondary N) is 1. The van der Waals surface area contributed by atoms with Crippen molar-refractivity contribution in [2.45, 2.75) is 4.90 Å². The number of nitrogens with zero attached hydrogens (tertiary/aromatic N) is 2. The first-order valence-corrected chi connectivity index (χ1v) is 7.24. The van der Waals surface area contributed by atoms with Crippen molar-refractivity contribution in [3.8, 4) is 0 Å². The zero-order valence-electron chi connectivity index (χ0n) is 10.2. The third kappa shape index (κ3) is 3.44. The lowest BCUT2D eigenvalue weighted by molar-refractivity contribution is -0.383. The summed E-state index contributed by atoms with van der Waals surface area (Å²) in [5.74, 6) is -0.814. The third-order valence-corrected chi connectivity index (χ3v) is 3.98. The topological polar surface area (TPSA) is 102 Å². The van der Waals surface area contributed by atoms with Crippen molar-refractivity contribution in [3.05, 3.63) is 57.6 Å². The molecule has 0 bridgehead atoms. The molecule has 0 spiro atoms. The largest absolute Gasteiger partial charge is 0.293 e. The number of hydrogen-bond donors (Lipinski definition) is 1. The summed E-state index contributed by atoms with van der Waals surface area (Å²) in [4.78, 5) is 13.4. The molecule has 110 valence electrons. The highest BCUT2D eigenvalue weighted by atomic mass is 35.5. The van der Waals surface area contributed by atoms with Crippen LogP contribution in [0.4, 0.5) is 15.8 Å². The lowest BCUT2D eigenvalue weighted by Gasteiger charge is -2.08. The van der Waals surface area contributed by atoms with Gasteiger partial charge in [0.15, 0.2) is 0 Å². The summed E-state index contributed by atoms with van der Waals surface area (Å²) in [5.41, 5.74) is -1.05. The normalized spacial score (nSPS) is 11.1. The van der Waals surface area contributed by atoms with E-state index in [1.54, 1.807) is 0 Å². The van der Waals surface area contributed by atoms with Gasteiger partial charge in [0.25, 0.3) is 15.7 Å². The number of nitro benzene ring substituents is 1. The van der Waals surface area contributed by atoms with Gasteiger partial charge in [-0.25, -0.2) is 17.8 Å². The number of sulfonamides is 1. The van der Waals surface area contributed by atoms with Crippen LogP contribution in [0.15, 0.2) is 41.4 Å². The van der Waals surface area contributed by atoms with Gasteiger partial charge in [-0.15, -0.1) is 0 Å². The lowest BCUT2D eigenvalue weighted by Crippen LogP contribution is -2.14. The van der Waals surface area contributed by atoms with Gasteiger partial charge in [0.05, 0.1) is 9.82 Å². The van der Waals surface area contributed by atoms with Crippen molar-refractivity contribution in [1.82, 2.24) is 4.98 Å². The fourth-order valence-electron chi connectivity index (χ4n) is 1.50. The molecule has 0 aliphatic rings. The molecule has 1 aromatic heterocycles. The van der Waals surface area contributed by atoms with E-state index in [2.05, 4.69) is 4.98 Å². The van der Waals surface area contributed by atoms with Gasteiger partial charge < -0.3 is 0 Å². The van der Waals surface area contributed by atoms with E-state index in [9.17, 15) is 22.9 Å². The molecule has 21 heavy (non-hydrogen) atoms. The van der Waals surface area contributed by atoms with Crippen molar-refractivity contribution in [2.75, 3.05) is 4.72 Å². The van der Waals surface area contributed by atoms with Crippen molar-refractivity contribution >= 4 is 33.0 Å². The van der Waals surface area contributed by atoms with Crippen molar-refractivity contribution in [3.63, 3.8) is 0 Å². The van der Waals surface area contributed by atoms with Gasteiger partial charge in [0.1, 0.15) is 16.7 Å². The van der Waals surface area contributed by atoms with Gasteiger partial charge in [-0.1, -0.05) is 11.6 Å². The third-order valence-electron chi connectivity index (χ3n) is 2.41. The Balaban J connectivity index is 2.46. The van der Waals surface area contributed by atoms with E-state index in [0.717, 1.165) is 36.5 Å². The highest BCUT2D eigenvalue weighted by Gasteiger charge is 2.21. The molecule has 10 heteroatoms. The van der Waals surface area contributed by atoms with E-state index in [1.165, 1.54) is 0 Å². The highest BCUT2D eigenvalue weighted by Crippen LogP contribution is 2.27. The first kappa shape index (κ1) is 15.1. The number of aromatic nitrogens is 1. The number of hydrogen-bond acceptors (Lipinski definition) is 5. The minimum Gasteiger partial charge on any atom is -0.273 e. The molecule has 0 atom stereocenters. The first-order chi connectivity index (χ1) is 9.79. The second kappa shape index (κ2) is 5.62. The Labute approximate surface area is 123 Å². The van der Waals surface area contributed by atoms with Gasteiger partial charge in [-0.05, 0) is 18.2 Å². The summed E-state index contributed by atoms with van der Waals surface area (Å²) in [6.07, 6.45) is 1.16. The number of rotatable bonds is 4. The minimum absolute atomic E-state index is 0.0633. The molecule has 2 rings (SSSR count). The molecule has 0 amide bonds. The average Bonchev–Trinajstić information content (AvgIpc) is 2.38. The van der Waals surface area contributed by atoms with Gasteiger partial charge >= 0.3 is 0 Å². The quantitative estimate of drug-likeness (QED) is 0.527. The highest BCUT2D eigenvalue weighted by molar-refractivity contribution is 7.92. The lowest BCUT2D eigenvalue weighted by atomic mass is 10.3. The van der Waals surface area contributed by atoms with Crippen LogP contribution in [0.3, 0.4) is 0 Å². The summed E-state index contributed by atoms with van der Waals surface area (Å²) in [7, 11) is -4.15. The Morgan fingerprint density at radius 2 is 2.00 bits per heavy atom. The number of pyridine rings is 1. The molecule has 0 aliphatic carbocycles. The van der Waals surface area contributed by atoms with Gasteiger partial charge in [-0.2, -0.15) is 0 Å². The number of benzene rings is 1. The number of nitro groups is 1. The molecule has 1 heterocycles. The van der Waals surface area contributed by atoms with E-state index < -0.39 is 32.1 Å². The predicted octanol–water partition coefficient (Wildman–Crippen LogP) is 2.58. The van der Waals surface area contributed by atoms with Gasteiger partial charge in [-0.3, -0.25) is 14.8 Å². The van der Waals surface area contributed by atoms with E-state index in [4.69, 9.17) is 11.6 Å². The van der Waals surface area contributed by atoms with Crippen LogP contribution in [0.1, 0.15) is 0 Å². The first-order valence-electron chi connectivity index (χ1n) is 5.38. The fourth-order valence-corrected chi connectivity index (χ4v) is 2.82. The van der Waals surface area contributed by atoms with Crippen LogP contribution >= 0.6 is 11.6 Å². The zero-order chi connectivity index (χ0) is 15.6. The Morgan fingerprint density at radius 3 is 2.62 bits per heavy atom. The summed E-state index contributed by atoms with van der Waals surface area (Å²) in [6, 6.07) is 4.67. The zero-order valence-corrected chi connectivity index (χ0v) is 11.7. The maximum Gasteiger partial charge on any atom is 0.293 e. The van der Waals surface area contributed by atoms with Gasteiger partial charge in [0, 0.05) is 18.3 Å². The summed E-state index contributed by atoms with van der Waals surface area (Å²) in [5, 5.41) is 10.8. The smallest absolute Gasteiger partial charge is 0.273 e. The summed E-state index contributed by atoms with van der Waals surface area (Å²) >= 11 is 5.59. The molecular formula is C11H7ClFN3O4S. The minimum atomic E-state index is -4.15. The van der Waals surface area contributed by atoms with Crippen LogP contribution in [0, 0.1) is 15.9 Å². The summed E-state index contributed by atoms with van der Waals surface area (Å²) < 4.78 is 39.3. The molecule has 0 aliphatic heterocycles. The Bertz CT molecular complexity index is 813. The van der Waals surface area contributed by atoms with Crippen molar-refractivity contribution in [1.29, 1.82) is 0 Å². The van der Waals surface area contributed by atoms with E-state index in [0.29, 0.717) is 0 Å². The molecule has 1 N–H and O–H groups in total. The van der Waals surface area contributed by atoms with Crippen LogP contribution in [0.25, 0.3) is 0 Å². The van der Waals surface area contributed by atoms with E-state index in [-0.39, 0.29) is 10.0 Å². The Morgan fingerprint density at radius 1 is 1.29 bits per heavy atom. The predicted molar refractivity (Wildman–Crippen MR) is 73.1 cm³/mol. The second-order valence-corrected chi connectivity index (χ2v) is 5.91. The van der Waals surface area contributed by atoms with Crippen LogP contribution in [0.2, 0.25) is 5.15 Å². The molecule has 0 fully saturated rings. The number of anilines is 1. The van der Waals surface area contributed by atoms with Crippen LogP contribution in [0.5, 0.6) is 0 Å². The molecule has 0 radical (unpaired) electrons. The number of halogens is 2. The van der Waals surface area contributed by atoms with Gasteiger partial charge in [0.2, 0.25) is 0 Å². The molecule has 2 aromatic rings. The monoisotopic (exact) mass is 331 g/mol. The van der Waals surface area contributed by atoms with Crippen LogP contribution in [-0.4, -0.2) is 18.3 Å². The van der Waals surface area contributed by atoms with Crippen LogP contribution < -0.4 is 4.72 Å². The molecule has 0 saturated carbocycles. The standard InChI is InChI=1S/C11H7ClFN3O4S/c12-11-6-8(3-4-14-11)21(19,20)15-9-5-7(13)1-2-10(9)16(17)18/h1-6,15H. The van der Waals surface area contributed by atoms with E-state index in [1.807, 2.05) is 4.72 Å². The van der Waals surface area contributed by atoms with Crippen molar-refractivity contribution in [2.24, 2.45) is 0 Å². The molecular weight excluding hydrogens is 325 g/mol. The SMILES string of the molecule is O=[N+]([O-])c1ccc(F)cc1NS(=O)(=O)c1ccnc(Cl)c1. The summed E-state index contributed by atoms with van der Waals surface area (Å²) in [6.45, 7) is 0. The second-order valence-electron chi connectivity index (χ2n) is 3.84. The maximum atomic E-state index is 13.2. The molecule has 1 aromatic carbocycles.